The van der Waals surface area contributed by atoms with Crippen molar-refractivity contribution in [3.8, 4) is 56.4 Å². The molecule has 63 heavy (non-hydrogen) atoms. The fourth-order valence-electron chi connectivity index (χ4n) is 9.92. The normalized spacial score (nSPS) is 12.9. The molecule has 0 saturated carbocycles. The van der Waals surface area contributed by atoms with Crippen molar-refractivity contribution in [2.24, 2.45) is 0 Å². The van der Waals surface area contributed by atoms with Crippen LogP contribution in [0.2, 0.25) is 0 Å². The van der Waals surface area contributed by atoms with E-state index in [-0.39, 0.29) is 0 Å². The van der Waals surface area contributed by atoms with E-state index in [4.69, 9.17) is 19.4 Å². The average Bonchev–Trinajstić information content (AvgIpc) is 4.02. The van der Waals surface area contributed by atoms with Gasteiger partial charge in [0.2, 0.25) is 0 Å². The molecule has 9 aromatic carbocycles. The van der Waals surface area contributed by atoms with E-state index >= 15 is 0 Å². The molecule has 0 atom stereocenters. The Morgan fingerprint density at radius 2 is 0.841 bits per heavy atom. The van der Waals surface area contributed by atoms with Crippen molar-refractivity contribution in [1.29, 1.82) is 0 Å². The Balaban J connectivity index is 0.899. The van der Waals surface area contributed by atoms with E-state index in [9.17, 15) is 0 Å². The zero-order valence-electron chi connectivity index (χ0n) is 33.9. The molecule has 0 bridgehead atoms. The Hall–Kier alpha value is -7.99. The van der Waals surface area contributed by atoms with E-state index in [0.29, 0.717) is 17.5 Å². The first-order valence-electron chi connectivity index (χ1n) is 21.2. The maximum absolute atomic E-state index is 6.13. The molecule has 0 aliphatic heterocycles. The molecule has 0 amide bonds. The van der Waals surface area contributed by atoms with Crippen LogP contribution in [0.5, 0.6) is 0 Å². The van der Waals surface area contributed by atoms with Crippen molar-refractivity contribution in [1.82, 2.24) is 15.0 Å². The summed E-state index contributed by atoms with van der Waals surface area (Å²) in [4.78, 5) is 15.1. The van der Waals surface area contributed by atoms with Gasteiger partial charge in [0.15, 0.2) is 17.5 Å². The van der Waals surface area contributed by atoms with Gasteiger partial charge in [0.1, 0.15) is 11.2 Å². The Kier molecular flexibility index (Phi) is 7.96. The van der Waals surface area contributed by atoms with Crippen LogP contribution in [0.25, 0.3) is 98.5 Å². The van der Waals surface area contributed by atoms with Crippen molar-refractivity contribution in [2.75, 3.05) is 0 Å². The van der Waals surface area contributed by atoms with Gasteiger partial charge in [-0.3, -0.25) is 0 Å². The highest BCUT2D eigenvalue weighted by Crippen LogP contribution is 2.56. The van der Waals surface area contributed by atoms with Gasteiger partial charge in [-0.2, -0.15) is 0 Å². The van der Waals surface area contributed by atoms with Gasteiger partial charge in [-0.05, 0) is 80.9 Å². The van der Waals surface area contributed by atoms with Crippen LogP contribution in [-0.4, -0.2) is 15.0 Å². The molecule has 3 heterocycles. The first-order valence-corrected chi connectivity index (χ1v) is 22.1. The predicted octanol–water partition coefficient (Wildman–Crippen LogP) is 15.2. The van der Waals surface area contributed by atoms with E-state index in [1.807, 2.05) is 72.0 Å². The zero-order valence-corrected chi connectivity index (χ0v) is 34.7. The molecule has 294 valence electrons. The highest BCUT2D eigenvalue weighted by molar-refractivity contribution is 7.25. The maximum atomic E-state index is 6.13. The van der Waals surface area contributed by atoms with Gasteiger partial charge in [-0.1, -0.05) is 176 Å². The van der Waals surface area contributed by atoms with E-state index in [1.165, 1.54) is 53.6 Å². The smallest absolute Gasteiger partial charge is 0.164 e. The highest BCUT2D eigenvalue weighted by atomic mass is 32.1. The largest absolute Gasteiger partial charge is 0.456 e. The van der Waals surface area contributed by atoms with Crippen LogP contribution in [0.15, 0.2) is 217 Å². The van der Waals surface area contributed by atoms with Crippen LogP contribution < -0.4 is 0 Å². The van der Waals surface area contributed by atoms with Crippen molar-refractivity contribution in [3.63, 3.8) is 0 Å². The van der Waals surface area contributed by atoms with Gasteiger partial charge < -0.3 is 4.42 Å². The number of aromatic nitrogens is 3. The molecule has 13 rings (SSSR count). The summed E-state index contributed by atoms with van der Waals surface area (Å²) in [6.45, 7) is 0. The molecule has 0 radical (unpaired) electrons. The Labute approximate surface area is 367 Å². The SMILES string of the molecule is c1ccc(-c2nc(-c3ccc(-c4ccc(C5(c6ccc7c(c6)sc6ccccc67)c6ccccc6-c6ccccc65)cc4)cc3)nc(-c3ccc4oc5ccccc5c4c3)n2)cc1. The summed E-state index contributed by atoms with van der Waals surface area (Å²) in [5.74, 6) is 1.86. The molecular weight excluding hydrogens is 787 g/mol. The summed E-state index contributed by atoms with van der Waals surface area (Å²) in [6, 6.07) is 76.0. The third-order valence-corrected chi connectivity index (χ3v) is 14.0. The topological polar surface area (TPSA) is 51.8 Å². The van der Waals surface area contributed by atoms with Crippen molar-refractivity contribution in [2.45, 2.75) is 5.41 Å². The quantitative estimate of drug-likeness (QED) is 0.168. The number of hydrogen-bond acceptors (Lipinski definition) is 5. The zero-order chi connectivity index (χ0) is 41.5. The summed E-state index contributed by atoms with van der Waals surface area (Å²) in [5, 5.41) is 4.72. The molecule has 0 unspecified atom stereocenters. The monoisotopic (exact) mass is 821 g/mol. The van der Waals surface area contributed by atoms with E-state index in [0.717, 1.165) is 49.8 Å². The molecule has 4 nitrogen and oxygen atoms in total. The van der Waals surface area contributed by atoms with Gasteiger partial charge >= 0.3 is 0 Å². The molecule has 0 spiro atoms. The van der Waals surface area contributed by atoms with Gasteiger partial charge in [-0.15, -0.1) is 11.3 Å². The molecule has 0 fully saturated rings. The van der Waals surface area contributed by atoms with Gasteiger partial charge in [0.25, 0.3) is 0 Å². The van der Waals surface area contributed by atoms with E-state index in [2.05, 4.69) is 152 Å². The fourth-order valence-corrected chi connectivity index (χ4v) is 11.1. The van der Waals surface area contributed by atoms with Gasteiger partial charge in [0, 0.05) is 47.6 Å². The second-order valence-electron chi connectivity index (χ2n) is 16.3. The number of thiophene rings is 1. The van der Waals surface area contributed by atoms with E-state index < -0.39 is 5.41 Å². The van der Waals surface area contributed by atoms with Crippen molar-refractivity contribution < 1.29 is 4.42 Å². The lowest BCUT2D eigenvalue weighted by Gasteiger charge is -2.34. The molecule has 1 aliphatic rings. The van der Waals surface area contributed by atoms with Gasteiger partial charge in [0.05, 0.1) is 5.41 Å². The molecule has 0 saturated heterocycles. The number of fused-ring (bicyclic) bond motifs is 9. The average molecular weight is 822 g/mol. The lowest BCUT2D eigenvalue weighted by Crippen LogP contribution is -2.28. The highest BCUT2D eigenvalue weighted by Gasteiger charge is 2.46. The molecule has 0 N–H and O–H groups in total. The number of furan rings is 1. The lowest BCUT2D eigenvalue weighted by molar-refractivity contribution is 0.669. The first kappa shape index (κ1) is 35.7. The molecular formula is C58H35N3OS. The predicted molar refractivity (Wildman–Crippen MR) is 259 cm³/mol. The van der Waals surface area contributed by atoms with Crippen molar-refractivity contribution >= 4 is 53.4 Å². The number of nitrogens with zero attached hydrogens (tertiary/aromatic N) is 3. The summed E-state index contributed by atoms with van der Waals surface area (Å²) < 4.78 is 8.75. The minimum Gasteiger partial charge on any atom is -0.456 e. The van der Waals surface area contributed by atoms with Crippen LogP contribution in [0, 0.1) is 0 Å². The summed E-state index contributed by atoms with van der Waals surface area (Å²) in [5.41, 5.74) is 14.0. The Morgan fingerprint density at radius 1 is 0.333 bits per heavy atom. The van der Waals surface area contributed by atoms with E-state index in [1.54, 1.807) is 0 Å². The van der Waals surface area contributed by atoms with Crippen molar-refractivity contribution in [3.05, 3.63) is 235 Å². The third kappa shape index (κ3) is 5.57. The van der Waals surface area contributed by atoms with Crippen LogP contribution in [0.3, 0.4) is 0 Å². The minimum atomic E-state index is -0.484. The van der Waals surface area contributed by atoms with Crippen LogP contribution in [0.4, 0.5) is 0 Å². The number of rotatable bonds is 6. The number of para-hydroxylation sites is 1. The summed E-state index contributed by atoms with van der Waals surface area (Å²) in [6.07, 6.45) is 0. The summed E-state index contributed by atoms with van der Waals surface area (Å²) >= 11 is 1.87. The van der Waals surface area contributed by atoms with Crippen LogP contribution >= 0.6 is 11.3 Å². The standard InChI is InChI=1S/C58H35N3OS/c1-2-12-38(13-3-1)55-59-56(61-57(60-55)40-28-33-52-48(34-40)45-16-6-10-20-51(45)62-52)39-24-22-36(23-25-39)37-26-29-41(30-27-37)58(49-18-8-4-14-43(49)44-15-5-9-19-50(44)58)42-31-32-47-46-17-7-11-21-53(46)63-54(47)35-42/h1-35H. The lowest BCUT2D eigenvalue weighted by atomic mass is 9.67. The number of hydrogen-bond donors (Lipinski definition) is 0. The number of benzene rings is 9. The molecule has 3 aromatic heterocycles. The Bertz CT molecular complexity index is 3690. The third-order valence-electron chi connectivity index (χ3n) is 12.9. The van der Waals surface area contributed by atoms with Crippen LogP contribution in [-0.2, 0) is 5.41 Å². The molecule has 1 aliphatic carbocycles. The minimum absolute atomic E-state index is 0.484. The summed E-state index contributed by atoms with van der Waals surface area (Å²) in [7, 11) is 0. The molecule has 5 heteroatoms. The Morgan fingerprint density at radius 3 is 1.57 bits per heavy atom. The molecule has 12 aromatic rings. The van der Waals surface area contributed by atoms with Gasteiger partial charge in [-0.25, -0.2) is 15.0 Å². The maximum Gasteiger partial charge on any atom is 0.164 e. The second kappa shape index (κ2) is 14.0. The van der Waals surface area contributed by atoms with Crippen LogP contribution in [0.1, 0.15) is 22.3 Å². The second-order valence-corrected chi connectivity index (χ2v) is 17.4. The first-order chi connectivity index (χ1) is 31.2. The fraction of sp³-hybridized carbons (Fsp3) is 0.0172.